The Bertz CT molecular complexity index is 1550. The van der Waals surface area contributed by atoms with Gasteiger partial charge in [-0.05, 0) is 42.0 Å². The third-order valence-electron chi connectivity index (χ3n) is 6.50. The molecule has 0 aliphatic carbocycles. The zero-order chi connectivity index (χ0) is 28.8. The summed E-state index contributed by atoms with van der Waals surface area (Å²) >= 11 is 0. The van der Waals surface area contributed by atoms with E-state index in [2.05, 4.69) is 4.90 Å². The van der Waals surface area contributed by atoms with Gasteiger partial charge < -0.3 is 29.0 Å². The first-order valence-corrected chi connectivity index (χ1v) is 12.8. The molecule has 1 aromatic heterocycles. The van der Waals surface area contributed by atoms with Crippen molar-refractivity contribution < 1.29 is 33.8 Å². The summed E-state index contributed by atoms with van der Waals surface area (Å²) in [5, 5.41) is 20.9. The minimum absolute atomic E-state index is 0.0316. The van der Waals surface area contributed by atoms with E-state index >= 15 is 0 Å². The molecule has 210 valence electrons. The number of aromatic carboxylic acids is 1. The van der Waals surface area contributed by atoms with Crippen LogP contribution in [0.25, 0.3) is 11.3 Å². The van der Waals surface area contributed by atoms with Crippen LogP contribution in [0.3, 0.4) is 0 Å². The van der Waals surface area contributed by atoms with Crippen LogP contribution < -0.4 is 19.1 Å². The molecule has 1 saturated heterocycles. The number of benzene rings is 3. The van der Waals surface area contributed by atoms with Crippen molar-refractivity contribution in [2.24, 2.45) is 0 Å². The monoisotopic (exact) mass is 557 g/mol. The zero-order valence-electron chi connectivity index (χ0n) is 22.2. The summed E-state index contributed by atoms with van der Waals surface area (Å²) in [6.07, 6.45) is 0. The lowest BCUT2D eigenvalue weighted by atomic mass is 10.1. The molecule has 1 N–H and O–H groups in total. The summed E-state index contributed by atoms with van der Waals surface area (Å²) < 4.78 is 22.9. The number of carboxylic acid groups (broad SMARTS) is 1. The van der Waals surface area contributed by atoms with Gasteiger partial charge in [0.1, 0.15) is 29.4 Å². The third-order valence-corrected chi connectivity index (χ3v) is 6.50. The minimum Gasteiger partial charge on any atom is -0.497 e. The van der Waals surface area contributed by atoms with E-state index in [1.54, 1.807) is 25.3 Å². The number of non-ortho nitro benzene ring substituents is 1. The van der Waals surface area contributed by atoms with Crippen molar-refractivity contribution >= 4 is 17.3 Å². The molecule has 2 heterocycles. The number of carboxylic acids is 1. The fourth-order valence-corrected chi connectivity index (χ4v) is 4.36. The van der Waals surface area contributed by atoms with Gasteiger partial charge in [0.15, 0.2) is 0 Å². The van der Waals surface area contributed by atoms with Crippen molar-refractivity contribution in [3.63, 3.8) is 0 Å². The van der Waals surface area contributed by atoms with Crippen molar-refractivity contribution in [2.75, 3.05) is 38.3 Å². The molecule has 11 nitrogen and oxygen atoms in total. The highest BCUT2D eigenvalue weighted by molar-refractivity contribution is 5.92. The average molecular weight is 558 g/mol. The number of nitro benzene ring substituents is 1. The highest BCUT2D eigenvalue weighted by Crippen LogP contribution is 2.37. The molecule has 0 spiro atoms. The highest BCUT2D eigenvalue weighted by atomic mass is 16.6. The van der Waals surface area contributed by atoms with Gasteiger partial charge in [-0.25, -0.2) is 9.78 Å². The number of carbonyl (C=O) groups is 1. The van der Waals surface area contributed by atoms with Gasteiger partial charge in [-0.3, -0.25) is 10.1 Å². The number of hydrogen-bond donors (Lipinski definition) is 1. The number of anilines is 1. The fraction of sp³-hybridized carbons (Fsp3) is 0.200. The molecule has 1 aliphatic heterocycles. The van der Waals surface area contributed by atoms with Crippen LogP contribution in [0.2, 0.25) is 0 Å². The van der Waals surface area contributed by atoms with E-state index in [-0.39, 0.29) is 23.6 Å². The second kappa shape index (κ2) is 12.3. The number of nitrogens with zero attached hydrogens (tertiary/aromatic N) is 3. The number of para-hydroxylation sites is 1. The number of ether oxygens (including phenoxy) is 4. The zero-order valence-corrected chi connectivity index (χ0v) is 22.2. The number of methoxy groups -OCH3 is 1. The maximum atomic E-state index is 11.9. The fourth-order valence-electron chi connectivity index (χ4n) is 4.36. The van der Waals surface area contributed by atoms with Gasteiger partial charge >= 0.3 is 5.97 Å². The van der Waals surface area contributed by atoms with Crippen LogP contribution in [0.15, 0.2) is 78.9 Å². The Kier molecular flexibility index (Phi) is 8.26. The minimum atomic E-state index is -1.34. The Morgan fingerprint density at radius 3 is 2.49 bits per heavy atom. The van der Waals surface area contributed by atoms with Crippen molar-refractivity contribution in [3.05, 3.63) is 100 Å². The van der Waals surface area contributed by atoms with Crippen LogP contribution in [0.4, 0.5) is 11.4 Å². The molecular weight excluding hydrogens is 530 g/mol. The van der Waals surface area contributed by atoms with Crippen LogP contribution in [0.5, 0.6) is 23.1 Å². The second-order valence-corrected chi connectivity index (χ2v) is 9.13. The summed E-state index contributed by atoms with van der Waals surface area (Å²) in [5.74, 6) is 0.102. The van der Waals surface area contributed by atoms with Gasteiger partial charge in [0.05, 0.1) is 30.9 Å². The first-order valence-electron chi connectivity index (χ1n) is 12.8. The van der Waals surface area contributed by atoms with Gasteiger partial charge in [0, 0.05) is 42.5 Å². The van der Waals surface area contributed by atoms with E-state index in [4.69, 9.17) is 23.9 Å². The van der Waals surface area contributed by atoms with Gasteiger partial charge in [-0.1, -0.05) is 24.3 Å². The molecule has 5 rings (SSSR count). The van der Waals surface area contributed by atoms with E-state index in [1.165, 1.54) is 12.1 Å². The molecule has 1 fully saturated rings. The Labute approximate surface area is 235 Å². The lowest BCUT2D eigenvalue weighted by molar-refractivity contribution is -0.384. The Hall–Kier alpha value is -5.16. The average Bonchev–Trinajstić information content (AvgIpc) is 3.01. The van der Waals surface area contributed by atoms with E-state index in [9.17, 15) is 20.0 Å². The molecule has 4 aromatic rings. The number of aromatic nitrogens is 1. The van der Waals surface area contributed by atoms with E-state index in [0.29, 0.717) is 49.2 Å². The first-order chi connectivity index (χ1) is 19.9. The number of hydrogen-bond acceptors (Lipinski definition) is 9. The van der Waals surface area contributed by atoms with Gasteiger partial charge in [-0.15, -0.1) is 0 Å². The Morgan fingerprint density at radius 1 is 1.02 bits per heavy atom. The molecule has 0 radical (unpaired) electrons. The van der Waals surface area contributed by atoms with Gasteiger partial charge in [0.2, 0.25) is 5.88 Å². The quantitative estimate of drug-likeness (QED) is 0.195. The van der Waals surface area contributed by atoms with Gasteiger partial charge in [0.25, 0.3) is 5.69 Å². The molecule has 0 bridgehead atoms. The maximum absolute atomic E-state index is 11.9. The van der Waals surface area contributed by atoms with Gasteiger partial charge in [-0.2, -0.15) is 0 Å². The van der Waals surface area contributed by atoms with Crippen LogP contribution >= 0.6 is 0 Å². The van der Waals surface area contributed by atoms with Crippen molar-refractivity contribution in [3.8, 4) is 34.4 Å². The van der Waals surface area contributed by atoms with Crippen LogP contribution in [0.1, 0.15) is 15.9 Å². The molecule has 1 aliphatic rings. The summed E-state index contributed by atoms with van der Waals surface area (Å²) in [6.45, 7) is 2.87. The molecular formula is C30H27N3O8. The smallest absolute Gasteiger partial charge is 0.339 e. The lowest BCUT2D eigenvalue weighted by Gasteiger charge is -2.29. The number of morpholine rings is 1. The van der Waals surface area contributed by atoms with Crippen molar-refractivity contribution in [1.82, 2.24) is 4.98 Å². The molecule has 0 amide bonds. The van der Waals surface area contributed by atoms with Crippen molar-refractivity contribution in [2.45, 2.75) is 6.61 Å². The van der Waals surface area contributed by atoms with Crippen molar-refractivity contribution in [1.29, 1.82) is 0 Å². The van der Waals surface area contributed by atoms with E-state index < -0.39 is 10.9 Å². The Balaban J connectivity index is 1.50. The number of rotatable bonds is 10. The first kappa shape index (κ1) is 27.4. The molecule has 3 aromatic carbocycles. The SMILES string of the molecule is COc1ccc(COc2cc(N3CCOCC3)cc(-c3ccccc3Oc3ccc([N+](=O)[O-])cc3C(=O)O)n2)cc1. The maximum Gasteiger partial charge on any atom is 0.339 e. The largest absolute Gasteiger partial charge is 0.497 e. The molecule has 0 atom stereocenters. The lowest BCUT2D eigenvalue weighted by Crippen LogP contribution is -2.36. The molecule has 0 saturated carbocycles. The highest BCUT2D eigenvalue weighted by Gasteiger charge is 2.21. The standard InChI is InChI=1S/C30H27N3O8/c1-38-23-9-6-20(7-10-23)19-40-29-18-22(32-12-14-39-15-13-32)17-26(31-29)24-4-2-3-5-27(24)41-28-11-8-21(33(36)37)16-25(28)30(34)35/h2-11,16-18H,12-15,19H2,1H3,(H,34,35). The van der Waals surface area contributed by atoms with Crippen LogP contribution in [0, 0.1) is 10.1 Å². The molecule has 0 unspecified atom stereocenters. The normalized spacial score (nSPS) is 13.0. The topological polar surface area (TPSA) is 133 Å². The third kappa shape index (κ3) is 6.53. The summed E-state index contributed by atoms with van der Waals surface area (Å²) in [7, 11) is 1.61. The molecule has 41 heavy (non-hydrogen) atoms. The predicted octanol–water partition coefficient (Wildman–Crippen LogP) is 5.57. The summed E-state index contributed by atoms with van der Waals surface area (Å²) in [6, 6.07) is 21.9. The molecule has 11 heteroatoms. The predicted molar refractivity (Wildman–Crippen MR) is 150 cm³/mol. The second-order valence-electron chi connectivity index (χ2n) is 9.13. The summed E-state index contributed by atoms with van der Waals surface area (Å²) in [4.78, 5) is 29.3. The van der Waals surface area contributed by atoms with E-state index in [0.717, 1.165) is 23.1 Å². The summed E-state index contributed by atoms with van der Waals surface area (Å²) in [5.41, 5.74) is 2.29. The van der Waals surface area contributed by atoms with Crippen LogP contribution in [-0.2, 0) is 11.3 Å². The van der Waals surface area contributed by atoms with Crippen LogP contribution in [-0.4, -0.2) is 54.4 Å². The number of pyridine rings is 1. The van der Waals surface area contributed by atoms with E-state index in [1.807, 2.05) is 42.5 Å². The number of nitro groups is 1. The Morgan fingerprint density at radius 2 is 1.78 bits per heavy atom.